The molecule has 0 aliphatic heterocycles. The first kappa shape index (κ1) is 11.5. The summed E-state index contributed by atoms with van der Waals surface area (Å²) in [7, 11) is 0. The van der Waals surface area contributed by atoms with Crippen LogP contribution < -0.4 is 10.5 Å². The van der Waals surface area contributed by atoms with Gasteiger partial charge in [-0.25, -0.2) is 0 Å². The molecule has 0 aromatic carbocycles. The maximum atomic E-state index is 5.46. The minimum atomic E-state index is 0.271. The Hall–Kier alpha value is -1.95. The molecule has 2 aromatic rings. The molecular weight excluding hydrogens is 220 g/mol. The molecule has 2 heterocycles. The standard InChI is InChI=1S/C11H14N4O2/c1-2-11-14-10(15-17-11)7-16-9-4-3-8(5-12)13-6-9/h3-4,6H,2,5,7,12H2,1H3. The molecule has 0 bridgehead atoms. The van der Waals surface area contributed by atoms with Crippen molar-refractivity contribution in [2.75, 3.05) is 0 Å². The molecule has 17 heavy (non-hydrogen) atoms. The van der Waals surface area contributed by atoms with Crippen LogP contribution in [0.15, 0.2) is 22.9 Å². The van der Waals surface area contributed by atoms with Gasteiger partial charge in [-0.15, -0.1) is 0 Å². The Morgan fingerprint density at radius 3 is 2.88 bits per heavy atom. The third kappa shape index (κ3) is 3.01. The second-order valence-electron chi connectivity index (χ2n) is 3.44. The Balaban J connectivity index is 1.92. The Labute approximate surface area is 98.8 Å². The van der Waals surface area contributed by atoms with Gasteiger partial charge >= 0.3 is 0 Å². The van der Waals surface area contributed by atoms with Crippen molar-refractivity contribution in [2.45, 2.75) is 26.5 Å². The quantitative estimate of drug-likeness (QED) is 0.832. The highest BCUT2D eigenvalue weighted by molar-refractivity contribution is 5.19. The Kier molecular flexibility index (Phi) is 3.66. The van der Waals surface area contributed by atoms with Gasteiger partial charge in [-0.2, -0.15) is 4.98 Å². The van der Waals surface area contributed by atoms with E-state index in [2.05, 4.69) is 15.1 Å². The van der Waals surface area contributed by atoms with E-state index in [1.807, 2.05) is 19.1 Å². The predicted octanol–water partition coefficient (Wildman–Crippen LogP) is 1.06. The van der Waals surface area contributed by atoms with Crippen molar-refractivity contribution in [1.29, 1.82) is 0 Å². The summed E-state index contributed by atoms with van der Waals surface area (Å²) in [5.74, 6) is 1.80. The molecule has 0 saturated heterocycles. The summed E-state index contributed by atoms with van der Waals surface area (Å²) in [5, 5.41) is 3.78. The summed E-state index contributed by atoms with van der Waals surface area (Å²) in [6.07, 6.45) is 2.35. The van der Waals surface area contributed by atoms with Crippen LogP contribution in [-0.2, 0) is 19.6 Å². The van der Waals surface area contributed by atoms with Gasteiger partial charge in [-0.1, -0.05) is 12.1 Å². The largest absolute Gasteiger partial charge is 0.484 e. The summed E-state index contributed by atoms with van der Waals surface area (Å²) in [6.45, 7) is 2.64. The molecule has 0 aliphatic rings. The summed E-state index contributed by atoms with van der Waals surface area (Å²) in [4.78, 5) is 8.25. The number of pyridine rings is 1. The van der Waals surface area contributed by atoms with Crippen LogP contribution in [0, 0.1) is 0 Å². The van der Waals surface area contributed by atoms with Gasteiger partial charge in [-0.05, 0) is 12.1 Å². The maximum absolute atomic E-state index is 5.46. The zero-order valence-corrected chi connectivity index (χ0v) is 9.59. The summed E-state index contributed by atoms with van der Waals surface area (Å²) in [5.41, 5.74) is 6.27. The van der Waals surface area contributed by atoms with Crippen molar-refractivity contribution in [2.24, 2.45) is 5.73 Å². The van der Waals surface area contributed by atoms with Gasteiger partial charge in [-0.3, -0.25) is 4.98 Å². The average Bonchev–Trinajstić information content (AvgIpc) is 2.85. The molecule has 0 amide bonds. The molecule has 0 atom stereocenters. The van der Waals surface area contributed by atoms with Crippen molar-refractivity contribution in [3.63, 3.8) is 0 Å². The van der Waals surface area contributed by atoms with E-state index in [9.17, 15) is 0 Å². The van der Waals surface area contributed by atoms with Crippen molar-refractivity contribution < 1.29 is 9.26 Å². The molecule has 2 aromatic heterocycles. The van der Waals surface area contributed by atoms with Gasteiger partial charge in [0.05, 0.1) is 11.9 Å². The van der Waals surface area contributed by atoms with Gasteiger partial charge in [0, 0.05) is 13.0 Å². The van der Waals surface area contributed by atoms with Crippen LogP contribution in [0.1, 0.15) is 24.3 Å². The second kappa shape index (κ2) is 5.40. The Bertz CT molecular complexity index is 467. The molecule has 0 spiro atoms. The zero-order chi connectivity index (χ0) is 12.1. The number of aryl methyl sites for hydroxylation is 1. The molecule has 0 unspecified atom stereocenters. The molecule has 6 heteroatoms. The van der Waals surface area contributed by atoms with Crippen molar-refractivity contribution in [1.82, 2.24) is 15.1 Å². The Morgan fingerprint density at radius 2 is 2.29 bits per heavy atom. The number of hydrogen-bond acceptors (Lipinski definition) is 6. The highest BCUT2D eigenvalue weighted by atomic mass is 16.5. The van der Waals surface area contributed by atoms with E-state index >= 15 is 0 Å². The fourth-order valence-corrected chi connectivity index (χ4v) is 1.26. The van der Waals surface area contributed by atoms with Crippen LogP contribution in [0.4, 0.5) is 0 Å². The SMILES string of the molecule is CCc1nc(COc2ccc(CN)nc2)no1. The smallest absolute Gasteiger partial charge is 0.226 e. The number of ether oxygens (including phenoxy) is 1. The van der Waals surface area contributed by atoms with Crippen molar-refractivity contribution >= 4 is 0 Å². The highest BCUT2D eigenvalue weighted by Gasteiger charge is 2.05. The highest BCUT2D eigenvalue weighted by Crippen LogP contribution is 2.10. The van der Waals surface area contributed by atoms with Crippen molar-refractivity contribution in [3.05, 3.63) is 35.7 Å². The first-order valence-electron chi connectivity index (χ1n) is 5.41. The topological polar surface area (TPSA) is 87.1 Å². The van der Waals surface area contributed by atoms with Crippen LogP contribution in [0.2, 0.25) is 0 Å². The van der Waals surface area contributed by atoms with E-state index in [1.165, 1.54) is 0 Å². The molecule has 2 N–H and O–H groups in total. The number of hydrogen-bond donors (Lipinski definition) is 1. The first-order chi connectivity index (χ1) is 8.31. The van der Waals surface area contributed by atoms with E-state index in [0.717, 1.165) is 12.1 Å². The Morgan fingerprint density at radius 1 is 1.41 bits per heavy atom. The maximum Gasteiger partial charge on any atom is 0.226 e. The third-order valence-corrected chi connectivity index (χ3v) is 2.19. The normalized spacial score (nSPS) is 10.5. The minimum absolute atomic E-state index is 0.271. The fourth-order valence-electron chi connectivity index (χ4n) is 1.26. The molecule has 6 nitrogen and oxygen atoms in total. The van der Waals surface area contributed by atoms with Crippen LogP contribution in [0.5, 0.6) is 5.75 Å². The van der Waals surface area contributed by atoms with Crippen LogP contribution in [0.3, 0.4) is 0 Å². The lowest BCUT2D eigenvalue weighted by molar-refractivity contribution is 0.284. The monoisotopic (exact) mass is 234 g/mol. The second-order valence-corrected chi connectivity index (χ2v) is 3.44. The van der Waals surface area contributed by atoms with Gasteiger partial charge in [0.2, 0.25) is 11.7 Å². The van der Waals surface area contributed by atoms with E-state index in [0.29, 0.717) is 24.0 Å². The van der Waals surface area contributed by atoms with Gasteiger partial charge < -0.3 is 15.0 Å². The van der Waals surface area contributed by atoms with E-state index in [1.54, 1.807) is 6.20 Å². The van der Waals surface area contributed by atoms with Crippen molar-refractivity contribution in [3.8, 4) is 5.75 Å². The number of nitrogens with two attached hydrogens (primary N) is 1. The summed E-state index contributed by atoms with van der Waals surface area (Å²) in [6, 6.07) is 3.64. The molecular formula is C11H14N4O2. The van der Waals surface area contributed by atoms with Gasteiger partial charge in [0.15, 0.2) is 6.61 Å². The molecule has 0 saturated carbocycles. The summed E-state index contributed by atoms with van der Waals surface area (Å²) >= 11 is 0. The number of nitrogens with zero attached hydrogens (tertiary/aromatic N) is 3. The van der Waals surface area contributed by atoms with E-state index < -0.39 is 0 Å². The van der Waals surface area contributed by atoms with Crippen LogP contribution >= 0.6 is 0 Å². The molecule has 0 radical (unpaired) electrons. The predicted molar refractivity (Wildman–Crippen MR) is 60.1 cm³/mol. The third-order valence-electron chi connectivity index (χ3n) is 2.19. The average molecular weight is 234 g/mol. The van der Waals surface area contributed by atoms with E-state index in [4.69, 9.17) is 15.0 Å². The first-order valence-corrected chi connectivity index (χ1v) is 5.41. The lowest BCUT2D eigenvalue weighted by atomic mass is 10.3. The minimum Gasteiger partial charge on any atom is -0.484 e. The molecule has 2 rings (SSSR count). The van der Waals surface area contributed by atoms with Gasteiger partial charge in [0.25, 0.3) is 0 Å². The number of aromatic nitrogens is 3. The van der Waals surface area contributed by atoms with Crippen LogP contribution in [-0.4, -0.2) is 15.1 Å². The number of rotatable bonds is 5. The molecule has 90 valence electrons. The van der Waals surface area contributed by atoms with E-state index in [-0.39, 0.29) is 6.61 Å². The zero-order valence-electron chi connectivity index (χ0n) is 9.59. The molecule has 0 aliphatic carbocycles. The molecule has 0 fully saturated rings. The lowest BCUT2D eigenvalue weighted by Gasteiger charge is -2.02. The fraction of sp³-hybridized carbons (Fsp3) is 0.364. The van der Waals surface area contributed by atoms with Crippen LogP contribution in [0.25, 0.3) is 0 Å². The summed E-state index contributed by atoms with van der Waals surface area (Å²) < 4.78 is 10.4. The lowest BCUT2D eigenvalue weighted by Crippen LogP contribution is -2.01. The van der Waals surface area contributed by atoms with Gasteiger partial charge in [0.1, 0.15) is 5.75 Å².